The summed E-state index contributed by atoms with van der Waals surface area (Å²) in [6.45, 7) is 5.02. The topological polar surface area (TPSA) is 63.6 Å². The summed E-state index contributed by atoms with van der Waals surface area (Å²) in [7, 11) is 0. The third-order valence-electron chi connectivity index (χ3n) is 4.15. The van der Waals surface area contributed by atoms with Gasteiger partial charge >= 0.3 is 12.1 Å². The third kappa shape index (κ3) is 7.28. The third-order valence-corrected chi connectivity index (χ3v) is 4.15. The van der Waals surface area contributed by atoms with Gasteiger partial charge in [0, 0.05) is 6.42 Å². The van der Waals surface area contributed by atoms with E-state index in [0.717, 1.165) is 12.1 Å². The van der Waals surface area contributed by atoms with E-state index in [9.17, 15) is 32.3 Å². The summed E-state index contributed by atoms with van der Waals surface area (Å²) in [5.41, 5.74) is -1.11. The predicted molar refractivity (Wildman–Crippen MR) is 90.3 cm³/mol. The first kappa shape index (κ1) is 23.1. The number of aliphatic hydroxyl groups is 1. The van der Waals surface area contributed by atoms with Crippen LogP contribution >= 0.6 is 0 Å². The highest BCUT2D eigenvalue weighted by molar-refractivity contribution is 5.99. The molecule has 0 aliphatic rings. The lowest BCUT2D eigenvalue weighted by Crippen LogP contribution is -2.31. The number of carbonyl (C=O) groups is 2. The number of hydrogen-bond donors (Lipinski definition) is 1. The largest absolute Gasteiger partial charge is 0.465 e. The highest BCUT2D eigenvalue weighted by Crippen LogP contribution is 2.31. The van der Waals surface area contributed by atoms with Crippen molar-refractivity contribution in [3.05, 3.63) is 35.1 Å². The van der Waals surface area contributed by atoms with E-state index >= 15 is 0 Å². The Kier molecular flexibility index (Phi) is 8.40. The van der Waals surface area contributed by atoms with Crippen molar-refractivity contribution in [2.24, 2.45) is 11.8 Å². The van der Waals surface area contributed by atoms with Gasteiger partial charge in [-0.15, -0.1) is 0 Å². The second kappa shape index (κ2) is 9.82. The molecule has 0 fully saturated rings. The van der Waals surface area contributed by atoms with E-state index in [1.165, 1.54) is 0 Å². The van der Waals surface area contributed by atoms with Crippen LogP contribution in [-0.2, 0) is 26.9 Å². The van der Waals surface area contributed by atoms with Crippen molar-refractivity contribution in [2.75, 3.05) is 6.61 Å². The van der Waals surface area contributed by atoms with Crippen LogP contribution in [0.2, 0.25) is 0 Å². The molecule has 0 aliphatic heterocycles. The minimum Gasteiger partial charge on any atom is -0.465 e. The molecule has 152 valence electrons. The van der Waals surface area contributed by atoms with Gasteiger partial charge in [-0.25, -0.2) is 4.39 Å². The molecule has 4 nitrogen and oxygen atoms in total. The van der Waals surface area contributed by atoms with Gasteiger partial charge in [0.05, 0.1) is 18.3 Å². The Morgan fingerprint density at radius 2 is 1.81 bits per heavy atom. The molecule has 1 aromatic rings. The van der Waals surface area contributed by atoms with Crippen molar-refractivity contribution in [1.29, 1.82) is 0 Å². The fourth-order valence-corrected chi connectivity index (χ4v) is 2.51. The Labute approximate surface area is 155 Å². The van der Waals surface area contributed by atoms with E-state index in [4.69, 9.17) is 4.74 Å². The molecule has 1 aromatic carbocycles. The number of Topliss-reactive ketones (excluding diaryl/α,β-unsaturated/α-hetero) is 1. The van der Waals surface area contributed by atoms with Crippen LogP contribution in [0.1, 0.15) is 44.7 Å². The second-order valence-corrected chi connectivity index (χ2v) is 6.67. The van der Waals surface area contributed by atoms with Crippen molar-refractivity contribution >= 4 is 11.8 Å². The SMILES string of the molecule is CCOC(=O)C(CCc1cc(F)cc(C(F)(F)F)c1)C(=O)CC(O)C(C)C. The Balaban J connectivity index is 2.95. The van der Waals surface area contributed by atoms with Crippen molar-refractivity contribution in [3.8, 4) is 0 Å². The van der Waals surface area contributed by atoms with E-state index < -0.39 is 41.3 Å². The number of alkyl halides is 3. The fraction of sp³-hybridized carbons (Fsp3) is 0.579. The molecule has 0 aromatic heterocycles. The van der Waals surface area contributed by atoms with Crippen LogP contribution in [0.3, 0.4) is 0 Å². The smallest absolute Gasteiger partial charge is 0.416 e. The highest BCUT2D eigenvalue weighted by Gasteiger charge is 2.32. The summed E-state index contributed by atoms with van der Waals surface area (Å²) < 4.78 is 56.8. The van der Waals surface area contributed by atoms with Gasteiger partial charge in [-0.1, -0.05) is 13.8 Å². The lowest BCUT2D eigenvalue weighted by atomic mass is 9.90. The Morgan fingerprint density at radius 1 is 1.19 bits per heavy atom. The van der Waals surface area contributed by atoms with Crippen LogP contribution in [0.5, 0.6) is 0 Å². The summed E-state index contributed by atoms with van der Waals surface area (Å²) in [5.74, 6) is -3.83. The van der Waals surface area contributed by atoms with E-state index in [-0.39, 0.29) is 37.4 Å². The second-order valence-electron chi connectivity index (χ2n) is 6.67. The van der Waals surface area contributed by atoms with Crippen LogP contribution < -0.4 is 0 Å². The molecule has 0 heterocycles. The van der Waals surface area contributed by atoms with Crippen LogP contribution in [0, 0.1) is 17.7 Å². The summed E-state index contributed by atoms with van der Waals surface area (Å²) in [5, 5.41) is 9.86. The molecule has 0 saturated heterocycles. The summed E-state index contributed by atoms with van der Waals surface area (Å²) in [4.78, 5) is 24.4. The number of aliphatic hydroxyl groups excluding tert-OH is 1. The van der Waals surface area contributed by atoms with Crippen molar-refractivity contribution in [1.82, 2.24) is 0 Å². The van der Waals surface area contributed by atoms with Gasteiger partial charge in [0.1, 0.15) is 17.5 Å². The van der Waals surface area contributed by atoms with E-state index in [2.05, 4.69) is 0 Å². The Hall–Kier alpha value is -1.96. The number of ether oxygens (including phenoxy) is 1. The fourth-order valence-electron chi connectivity index (χ4n) is 2.51. The molecule has 0 bridgehead atoms. The van der Waals surface area contributed by atoms with Gasteiger partial charge in [-0.05, 0) is 49.4 Å². The number of carbonyl (C=O) groups excluding carboxylic acids is 2. The molecule has 0 amide bonds. The average molecular weight is 392 g/mol. The molecule has 1 rings (SSSR count). The zero-order valence-corrected chi connectivity index (χ0v) is 15.5. The lowest BCUT2D eigenvalue weighted by Gasteiger charge is -2.19. The van der Waals surface area contributed by atoms with Crippen molar-refractivity contribution in [3.63, 3.8) is 0 Å². The first-order valence-corrected chi connectivity index (χ1v) is 8.69. The van der Waals surface area contributed by atoms with Crippen LogP contribution in [0.4, 0.5) is 17.6 Å². The number of aryl methyl sites for hydroxylation is 1. The number of ketones is 1. The Morgan fingerprint density at radius 3 is 2.33 bits per heavy atom. The average Bonchev–Trinajstić information content (AvgIpc) is 2.53. The van der Waals surface area contributed by atoms with Gasteiger partial charge in [0.15, 0.2) is 0 Å². The molecular formula is C19H24F4O4. The van der Waals surface area contributed by atoms with Gasteiger partial charge in [-0.3, -0.25) is 9.59 Å². The molecule has 0 aliphatic carbocycles. The summed E-state index contributed by atoms with van der Waals surface area (Å²) in [6, 6.07) is 2.11. The highest BCUT2D eigenvalue weighted by atomic mass is 19.4. The standard InChI is InChI=1S/C19H24F4O4/c1-4-27-18(26)15(17(25)10-16(24)11(2)3)6-5-12-7-13(19(21,22)23)9-14(20)8-12/h7-9,11,15-16,24H,4-6,10H2,1-3H3. The van der Waals surface area contributed by atoms with Crippen LogP contribution in [0.25, 0.3) is 0 Å². The van der Waals surface area contributed by atoms with Crippen molar-refractivity contribution < 1.29 is 37.0 Å². The van der Waals surface area contributed by atoms with E-state index in [1.54, 1.807) is 20.8 Å². The maximum Gasteiger partial charge on any atom is 0.416 e. The summed E-state index contributed by atoms with van der Waals surface area (Å²) >= 11 is 0. The number of halogens is 4. The molecule has 0 saturated carbocycles. The zero-order valence-electron chi connectivity index (χ0n) is 15.5. The molecule has 2 unspecified atom stereocenters. The molecule has 2 atom stereocenters. The van der Waals surface area contributed by atoms with Gasteiger partial charge in [0.25, 0.3) is 0 Å². The van der Waals surface area contributed by atoms with Gasteiger partial charge in [-0.2, -0.15) is 13.2 Å². The van der Waals surface area contributed by atoms with E-state index in [0.29, 0.717) is 6.07 Å². The molecule has 27 heavy (non-hydrogen) atoms. The number of rotatable bonds is 9. The Bertz CT molecular complexity index is 656. The monoisotopic (exact) mass is 392 g/mol. The van der Waals surface area contributed by atoms with Crippen molar-refractivity contribution in [2.45, 2.75) is 52.3 Å². The normalized spacial score (nSPS) is 14.1. The van der Waals surface area contributed by atoms with Crippen LogP contribution in [0.15, 0.2) is 18.2 Å². The quantitative estimate of drug-likeness (QED) is 0.393. The molecule has 1 N–H and O–H groups in total. The summed E-state index contributed by atoms with van der Waals surface area (Å²) in [6.07, 6.45) is -6.16. The lowest BCUT2D eigenvalue weighted by molar-refractivity contribution is -0.152. The maximum atomic E-state index is 13.5. The first-order valence-electron chi connectivity index (χ1n) is 8.69. The maximum absolute atomic E-state index is 13.5. The molecule has 0 spiro atoms. The molecular weight excluding hydrogens is 368 g/mol. The molecule has 0 radical (unpaired) electrons. The zero-order chi connectivity index (χ0) is 20.8. The number of esters is 1. The first-order chi connectivity index (χ1) is 12.5. The van der Waals surface area contributed by atoms with Crippen LogP contribution in [-0.4, -0.2) is 29.6 Å². The minimum absolute atomic E-state index is 0.0221. The van der Waals surface area contributed by atoms with Gasteiger partial charge < -0.3 is 9.84 Å². The number of benzene rings is 1. The van der Waals surface area contributed by atoms with E-state index in [1.807, 2.05) is 0 Å². The predicted octanol–water partition coefficient (Wildman–Crippen LogP) is 3.93. The minimum atomic E-state index is -4.70. The molecule has 8 heteroatoms. The number of hydrogen-bond acceptors (Lipinski definition) is 4. The van der Waals surface area contributed by atoms with Gasteiger partial charge in [0.2, 0.25) is 0 Å².